The van der Waals surface area contributed by atoms with Gasteiger partial charge in [-0.15, -0.1) is 0 Å². The van der Waals surface area contributed by atoms with Gasteiger partial charge in [-0.25, -0.2) is 0 Å². The number of furan rings is 1. The molecule has 1 aromatic carbocycles. The summed E-state index contributed by atoms with van der Waals surface area (Å²) in [6, 6.07) is 14.4. The van der Waals surface area contributed by atoms with Crippen molar-refractivity contribution < 1.29 is 13.9 Å². The largest absolute Gasteiger partial charge is 0.497 e. The summed E-state index contributed by atoms with van der Waals surface area (Å²) in [4.78, 5) is 16.6. The fourth-order valence-electron chi connectivity index (χ4n) is 2.24. The average Bonchev–Trinajstić information content (AvgIpc) is 3.14. The maximum atomic E-state index is 12.2. The standard InChI is InChI=1S/C18H16N2O3/c1-22-15-8-6-13(7-9-15)18(21)20-12-14-4-2-10-19-17(14)16-5-3-11-23-16/h2-11H,12H2,1H3,(H,20,21). The van der Waals surface area contributed by atoms with E-state index >= 15 is 0 Å². The van der Waals surface area contributed by atoms with Crippen molar-refractivity contribution in [1.29, 1.82) is 0 Å². The summed E-state index contributed by atoms with van der Waals surface area (Å²) in [5.74, 6) is 1.25. The molecule has 0 saturated heterocycles. The number of amides is 1. The van der Waals surface area contributed by atoms with E-state index in [1.54, 1.807) is 43.8 Å². The SMILES string of the molecule is COc1ccc(C(=O)NCc2cccnc2-c2ccco2)cc1. The number of ether oxygens (including phenoxy) is 1. The number of carbonyl (C=O) groups excluding carboxylic acids is 1. The van der Waals surface area contributed by atoms with Gasteiger partial charge >= 0.3 is 0 Å². The van der Waals surface area contributed by atoms with E-state index in [1.165, 1.54) is 0 Å². The smallest absolute Gasteiger partial charge is 0.251 e. The second kappa shape index (κ2) is 6.79. The van der Waals surface area contributed by atoms with Crippen molar-refractivity contribution in [2.75, 3.05) is 7.11 Å². The van der Waals surface area contributed by atoms with Gasteiger partial charge in [-0.1, -0.05) is 6.07 Å². The number of pyridine rings is 1. The second-order valence-corrected chi connectivity index (χ2v) is 4.90. The Balaban J connectivity index is 1.72. The Hall–Kier alpha value is -3.08. The van der Waals surface area contributed by atoms with Crippen LogP contribution in [0.5, 0.6) is 5.75 Å². The lowest BCUT2D eigenvalue weighted by molar-refractivity contribution is 0.0951. The zero-order chi connectivity index (χ0) is 16.1. The van der Waals surface area contributed by atoms with E-state index in [0.717, 1.165) is 11.3 Å². The first-order valence-corrected chi connectivity index (χ1v) is 7.18. The molecular formula is C18H16N2O3. The molecule has 2 heterocycles. The van der Waals surface area contributed by atoms with Gasteiger partial charge in [0.2, 0.25) is 0 Å². The van der Waals surface area contributed by atoms with E-state index < -0.39 is 0 Å². The van der Waals surface area contributed by atoms with E-state index in [0.29, 0.717) is 23.6 Å². The molecule has 0 atom stereocenters. The van der Waals surface area contributed by atoms with Gasteiger partial charge in [-0.2, -0.15) is 0 Å². The second-order valence-electron chi connectivity index (χ2n) is 4.90. The predicted octanol–water partition coefficient (Wildman–Crippen LogP) is 3.28. The van der Waals surface area contributed by atoms with Crippen LogP contribution in [0.4, 0.5) is 0 Å². The van der Waals surface area contributed by atoms with Crippen molar-refractivity contribution >= 4 is 5.91 Å². The van der Waals surface area contributed by atoms with E-state index in [-0.39, 0.29) is 5.91 Å². The number of nitrogens with zero attached hydrogens (tertiary/aromatic N) is 1. The minimum atomic E-state index is -0.151. The Morgan fingerprint density at radius 1 is 1.17 bits per heavy atom. The molecule has 1 N–H and O–H groups in total. The highest BCUT2D eigenvalue weighted by atomic mass is 16.5. The van der Waals surface area contributed by atoms with Crippen molar-refractivity contribution in [2.24, 2.45) is 0 Å². The van der Waals surface area contributed by atoms with Crippen molar-refractivity contribution in [3.63, 3.8) is 0 Å². The molecule has 0 fully saturated rings. The van der Waals surface area contributed by atoms with Crippen LogP contribution in [0.3, 0.4) is 0 Å². The van der Waals surface area contributed by atoms with Crippen molar-refractivity contribution in [1.82, 2.24) is 10.3 Å². The zero-order valence-corrected chi connectivity index (χ0v) is 12.7. The molecule has 3 rings (SSSR count). The summed E-state index contributed by atoms with van der Waals surface area (Å²) in [6.07, 6.45) is 3.30. The third-order valence-corrected chi connectivity index (χ3v) is 3.44. The monoisotopic (exact) mass is 308 g/mol. The maximum absolute atomic E-state index is 12.2. The van der Waals surface area contributed by atoms with E-state index in [1.807, 2.05) is 24.3 Å². The van der Waals surface area contributed by atoms with Gasteiger partial charge in [0.1, 0.15) is 11.4 Å². The summed E-state index contributed by atoms with van der Waals surface area (Å²) in [5, 5.41) is 2.89. The molecule has 0 radical (unpaired) electrons. The molecule has 0 bridgehead atoms. The van der Waals surface area contributed by atoms with Gasteiger partial charge in [0.25, 0.3) is 5.91 Å². The topological polar surface area (TPSA) is 64.4 Å². The first-order chi connectivity index (χ1) is 11.3. The molecule has 3 aromatic rings. The highest BCUT2D eigenvalue weighted by Gasteiger charge is 2.11. The summed E-state index contributed by atoms with van der Waals surface area (Å²) in [5.41, 5.74) is 2.20. The summed E-state index contributed by atoms with van der Waals surface area (Å²) in [6.45, 7) is 0.370. The number of rotatable bonds is 5. The number of nitrogens with one attached hydrogen (secondary N) is 1. The molecule has 0 saturated carbocycles. The van der Waals surface area contributed by atoms with Crippen LogP contribution in [0.15, 0.2) is 65.4 Å². The Kier molecular flexibility index (Phi) is 4.38. The third kappa shape index (κ3) is 3.40. The van der Waals surface area contributed by atoms with Gasteiger partial charge < -0.3 is 14.5 Å². The van der Waals surface area contributed by atoms with Crippen LogP contribution in [-0.4, -0.2) is 18.0 Å². The van der Waals surface area contributed by atoms with Crippen LogP contribution < -0.4 is 10.1 Å². The minimum Gasteiger partial charge on any atom is -0.497 e. The first kappa shape index (κ1) is 14.8. The lowest BCUT2D eigenvalue weighted by Crippen LogP contribution is -2.23. The molecule has 2 aromatic heterocycles. The molecule has 0 unspecified atom stereocenters. The molecule has 23 heavy (non-hydrogen) atoms. The molecular weight excluding hydrogens is 292 g/mol. The lowest BCUT2D eigenvalue weighted by Gasteiger charge is -2.09. The highest BCUT2D eigenvalue weighted by molar-refractivity contribution is 5.94. The number of carbonyl (C=O) groups is 1. The van der Waals surface area contributed by atoms with Crippen molar-refractivity contribution in [2.45, 2.75) is 6.54 Å². The average molecular weight is 308 g/mol. The first-order valence-electron chi connectivity index (χ1n) is 7.18. The Bertz CT molecular complexity index is 780. The predicted molar refractivity (Wildman–Crippen MR) is 86.1 cm³/mol. The van der Waals surface area contributed by atoms with Crippen LogP contribution in [0, 0.1) is 0 Å². The maximum Gasteiger partial charge on any atom is 0.251 e. The van der Waals surface area contributed by atoms with Gasteiger partial charge in [0.05, 0.1) is 13.4 Å². The lowest BCUT2D eigenvalue weighted by atomic mass is 10.1. The van der Waals surface area contributed by atoms with Crippen LogP contribution in [0.25, 0.3) is 11.5 Å². The van der Waals surface area contributed by atoms with Gasteiger partial charge in [-0.3, -0.25) is 9.78 Å². The van der Waals surface area contributed by atoms with E-state index in [4.69, 9.17) is 9.15 Å². The van der Waals surface area contributed by atoms with Gasteiger partial charge in [0.15, 0.2) is 5.76 Å². The Morgan fingerprint density at radius 2 is 2.00 bits per heavy atom. The Labute approximate surface area is 133 Å². The summed E-state index contributed by atoms with van der Waals surface area (Å²) >= 11 is 0. The van der Waals surface area contributed by atoms with Gasteiger partial charge in [-0.05, 0) is 42.5 Å². The fraction of sp³-hybridized carbons (Fsp3) is 0.111. The normalized spacial score (nSPS) is 10.3. The molecule has 5 heteroatoms. The number of hydrogen-bond acceptors (Lipinski definition) is 4. The number of methoxy groups -OCH3 is 1. The molecule has 116 valence electrons. The number of benzene rings is 1. The molecule has 5 nitrogen and oxygen atoms in total. The highest BCUT2D eigenvalue weighted by Crippen LogP contribution is 2.21. The number of aromatic nitrogens is 1. The summed E-state index contributed by atoms with van der Waals surface area (Å²) in [7, 11) is 1.59. The van der Waals surface area contributed by atoms with Crippen LogP contribution >= 0.6 is 0 Å². The molecule has 0 spiro atoms. The third-order valence-electron chi connectivity index (χ3n) is 3.44. The summed E-state index contributed by atoms with van der Waals surface area (Å²) < 4.78 is 10.5. The molecule has 1 amide bonds. The molecule has 0 aliphatic rings. The van der Waals surface area contributed by atoms with Crippen molar-refractivity contribution in [3.8, 4) is 17.2 Å². The fourth-order valence-corrected chi connectivity index (χ4v) is 2.24. The van der Waals surface area contributed by atoms with Crippen molar-refractivity contribution in [3.05, 3.63) is 72.1 Å². The molecule has 0 aliphatic heterocycles. The minimum absolute atomic E-state index is 0.151. The van der Waals surface area contributed by atoms with Gasteiger partial charge in [0, 0.05) is 23.9 Å². The van der Waals surface area contributed by atoms with E-state index in [9.17, 15) is 4.79 Å². The Morgan fingerprint density at radius 3 is 2.70 bits per heavy atom. The number of hydrogen-bond donors (Lipinski definition) is 1. The van der Waals surface area contributed by atoms with Crippen LogP contribution in [0.1, 0.15) is 15.9 Å². The van der Waals surface area contributed by atoms with E-state index in [2.05, 4.69) is 10.3 Å². The zero-order valence-electron chi connectivity index (χ0n) is 12.7. The molecule has 0 aliphatic carbocycles. The quantitative estimate of drug-likeness (QED) is 0.785. The van der Waals surface area contributed by atoms with Crippen LogP contribution in [0.2, 0.25) is 0 Å². The van der Waals surface area contributed by atoms with Crippen LogP contribution in [-0.2, 0) is 6.54 Å².